The zero-order chi connectivity index (χ0) is 19.3. The van der Waals surface area contributed by atoms with Crippen LogP contribution in [0.4, 0.5) is 0 Å². The highest BCUT2D eigenvalue weighted by molar-refractivity contribution is 5.62. The monoisotopic (exact) mass is 357 g/mol. The summed E-state index contributed by atoms with van der Waals surface area (Å²) in [7, 11) is 4.53. The zero-order valence-corrected chi connectivity index (χ0v) is 18.0. The van der Waals surface area contributed by atoms with E-state index in [1.165, 1.54) is 96.3 Å². The Kier molecular flexibility index (Phi) is 22.9. The number of nitrogens with zero attached hydrogens (tertiary/aromatic N) is 1. The lowest BCUT2D eigenvalue weighted by molar-refractivity contribution is -0.134. The smallest absolute Gasteiger partial charge is 0.300 e. The van der Waals surface area contributed by atoms with Gasteiger partial charge in [0.05, 0.1) is 0 Å². The Labute approximate surface area is 158 Å². The fourth-order valence-corrected chi connectivity index (χ4v) is 3.16. The van der Waals surface area contributed by atoms with Gasteiger partial charge in [-0.1, -0.05) is 97.3 Å². The van der Waals surface area contributed by atoms with Gasteiger partial charge in [0.1, 0.15) is 0 Å². The van der Waals surface area contributed by atoms with Crippen LogP contribution in [0.5, 0.6) is 0 Å². The quantitative estimate of drug-likeness (QED) is 0.305. The van der Waals surface area contributed by atoms with E-state index in [0.29, 0.717) is 0 Å². The van der Waals surface area contributed by atoms with Crippen molar-refractivity contribution in [1.82, 2.24) is 4.90 Å². The molecule has 0 heterocycles. The van der Waals surface area contributed by atoms with Crippen LogP contribution in [0.3, 0.4) is 0 Å². The summed E-state index contributed by atoms with van der Waals surface area (Å²) >= 11 is 0. The lowest BCUT2D eigenvalue weighted by Gasteiger charge is -2.24. The first-order valence-corrected chi connectivity index (χ1v) is 10.8. The SMILES string of the molecule is CC(=O)O.CCCCCCCCCC(CCCCCCCC)N(C)C. The average Bonchev–Trinajstić information content (AvgIpc) is 2.54. The van der Waals surface area contributed by atoms with Crippen molar-refractivity contribution in [1.29, 1.82) is 0 Å². The van der Waals surface area contributed by atoms with Crippen LogP contribution in [0, 0.1) is 0 Å². The summed E-state index contributed by atoms with van der Waals surface area (Å²) in [5.74, 6) is -0.833. The molecule has 0 fully saturated rings. The molecular formula is C22H47NO2. The van der Waals surface area contributed by atoms with Gasteiger partial charge in [0, 0.05) is 13.0 Å². The van der Waals surface area contributed by atoms with E-state index in [1.807, 2.05) is 0 Å². The van der Waals surface area contributed by atoms with Gasteiger partial charge >= 0.3 is 0 Å². The molecule has 0 rings (SSSR count). The Morgan fingerprint density at radius 2 is 1.00 bits per heavy atom. The topological polar surface area (TPSA) is 40.5 Å². The number of hydrogen-bond acceptors (Lipinski definition) is 2. The fourth-order valence-electron chi connectivity index (χ4n) is 3.16. The van der Waals surface area contributed by atoms with Gasteiger partial charge in [0.25, 0.3) is 5.97 Å². The van der Waals surface area contributed by atoms with Gasteiger partial charge < -0.3 is 10.0 Å². The lowest BCUT2D eigenvalue weighted by atomic mass is 9.99. The minimum Gasteiger partial charge on any atom is -0.481 e. The maximum Gasteiger partial charge on any atom is 0.300 e. The van der Waals surface area contributed by atoms with Crippen molar-refractivity contribution in [2.24, 2.45) is 0 Å². The van der Waals surface area contributed by atoms with Crippen molar-refractivity contribution in [3.8, 4) is 0 Å². The van der Waals surface area contributed by atoms with Crippen LogP contribution < -0.4 is 0 Å². The van der Waals surface area contributed by atoms with Gasteiger partial charge in [-0.25, -0.2) is 0 Å². The van der Waals surface area contributed by atoms with Crippen molar-refractivity contribution >= 4 is 5.97 Å². The Morgan fingerprint density at radius 1 is 0.720 bits per heavy atom. The van der Waals surface area contributed by atoms with Gasteiger partial charge in [0.2, 0.25) is 0 Å². The van der Waals surface area contributed by atoms with E-state index < -0.39 is 5.97 Å². The van der Waals surface area contributed by atoms with Crippen LogP contribution in [0.15, 0.2) is 0 Å². The van der Waals surface area contributed by atoms with Gasteiger partial charge in [-0.2, -0.15) is 0 Å². The first kappa shape index (κ1) is 26.7. The van der Waals surface area contributed by atoms with Crippen LogP contribution in [0.2, 0.25) is 0 Å². The first-order chi connectivity index (χ1) is 12.0. The van der Waals surface area contributed by atoms with E-state index in [9.17, 15) is 0 Å². The Balaban J connectivity index is 0. The zero-order valence-electron chi connectivity index (χ0n) is 18.0. The van der Waals surface area contributed by atoms with E-state index in [1.54, 1.807) is 0 Å². The molecular weight excluding hydrogens is 310 g/mol. The van der Waals surface area contributed by atoms with Crippen molar-refractivity contribution < 1.29 is 9.90 Å². The molecule has 3 heteroatoms. The van der Waals surface area contributed by atoms with Crippen molar-refractivity contribution in [2.75, 3.05) is 14.1 Å². The second-order valence-corrected chi connectivity index (χ2v) is 7.60. The highest BCUT2D eigenvalue weighted by Gasteiger charge is 2.10. The van der Waals surface area contributed by atoms with E-state index >= 15 is 0 Å². The van der Waals surface area contributed by atoms with E-state index in [4.69, 9.17) is 9.90 Å². The summed E-state index contributed by atoms with van der Waals surface area (Å²) in [5, 5.41) is 7.42. The second kappa shape index (κ2) is 21.5. The molecule has 0 spiro atoms. The molecule has 25 heavy (non-hydrogen) atoms. The molecule has 0 aliphatic heterocycles. The highest BCUT2D eigenvalue weighted by atomic mass is 16.4. The minimum absolute atomic E-state index is 0.826. The summed E-state index contributed by atoms with van der Waals surface area (Å²) in [5.41, 5.74) is 0. The summed E-state index contributed by atoms with van der Waals surface area (Å²) < 4.78 is 0. The summed E-state index contributed by atoms with van der Waals surface area (Å²) in [6.07, 6.45) is 21.4. The summed E-state index contributed by atoms with van der Waals surface area (Å²) in [6.45, 7) is 5.67. The average molecular weight is 358 g/mol. The molecule has 152 valence electrons. The van der Waals surface area contributed by atoms with Crippen LogP contribution in [0.25, 0.3) is 0 Å². The molecule has 0 saturated carbocycles. The molecule has 0 amide bonds. The van der Waals surface area contributed by atoms with E-state index in [2.05, 4.69) is 32.8 Å². The lowest BCUT2D eigenvalue weighted by Crippen LogP contribution is -2.27. The number of carboxylic acid groups (broad SMARTS) is 1. The number of hydrogen-bond donors (Lipinski definition) is 1. The molecule has 0 aromatic rings. The Hall–Kier alpha value is -0.570. The third-order valence-electron chi connectivity index (χ3n) is 4.76. The molecule has 0 aliphatic carbocycles. The summed E-state index contributed by atoms with van der Waals surface area (Å²) in [4.78, 5) is 11.5. The van der Waals surface area contributed by atoms with Crippen LogP contribution in [-0.4, -0.2) is 36.1 Å². The maximum absolute atomic E-state index is 9.00. The second-order valence-electron chi connectivity index (χ2n) is 7.60. The molecule has 0 aliphatic rings. The number of rotatable bonds is 16. The van der Waals surface area contributed by atoms with Crippen LogP contribution in [0.1, 0.15) is 117 Å². The van der Waals surface area contributed by atoms with Crippen molar-refractivity contribution in [2.45, 2.75) is 123 Å². The largest absolute Gasteiger partial charge is 0.481 e. The van der Waals surface area contributed by atoms with Gasteiger partial charge in [-0.15, -0.1) is 0 Å². The molecule has 0 aromatic heterocycles. The van der Waals surface area contributed by atoms with Crippen molar-refractivity contribution in [3.63, 3.8) is 0 Å². The van der Waals surface area contributed by atoms with Gasteiger partial charge in [0.15, 0.2) is 0 Å². The number of aliphatic carboxylic acids is 1. The highest BCUT2D eigenvalue weighted by Crippen LogP contribution is 2.17. The predicted molar refractivity (Wildman–Crippen MR) is 111 cm³/mol. The number of carboxylic acids is 1. The Bertz CT molecular complexity index is 263. The van der Waals surface area contributed by atoms with E-state index in [-0.39, 0.29) is 0 Å². The first-order valence-electron chi connectivity index (χ1n) is 10.8. The third kappa shape index (κ3) is 25.8. The minimum atomic E-state index is -0.833. The van der Waals surface area contributed by atoms with Crippen LogP contribution in [-0.2, 0) is 4.79 Å². The predicted octanol–water partition coefficient (Wildman–Crippen LogP) is 6.90. The molecule has 3 nitrogen and oxygen atoms in total. The molecule has 1 N–H and O–H groups in total. The maximum atomic E-state index is 9.00. The Morgan fingerprint density at radius 3 is 1.28 bits per heavy atom. The van der Waals surface area contributed by atoms with Gasteiger partial charge in [-0.05, 0) is 26.9 Å². The van der Waals surface area contributed by atoms with E-state index in [0.717, 1.165) is 13.0 Å². The standard InChI is InChI=1S/C20H43N.C2H4O2/c1-5-7-9-11-13-15-17-19-20(21(3)4)18-16-14-12-10-8-6-2;1-2(3)4/h20H,5-19H2,1-4H3;1H3,(H,3,4). The molecule has 1 unspecified atom stereocenters. The van der Waals surface area contributed by atoms with Gasteiger partial charge in [-0.3, -0.25) is 4.79 Å². The summed E-state index contributed by atoms with van der Waals surface area (Å²) in [6, 6.07) is 0.826. The molecule has 0 radical (unpaired) electrons. The normalized spacial score (nSPS) is 11.9. The number of unbranched alkanes of at least 4 members (excludes halogenated alkanes) is 11. The van der Waals surface area contributed by atoms with Crippen LogP contribution >= 0.6 is 0 Å². The molecule has 0 aromatic carbocycles. The fraction of sp³-hybridized carbons (Fsp3) is 0.955. The molecule has 1 atom stereocenters. The van der Waals surface area contributed by atoms with Crippen molar-refractivity contribution in [3.05, 3.63) is 0 Å². The molecule has 0 saturated heterocycles. The third-order valence-corrected chi connectivity index (χ3v) is 4.76. The number of carbonyl (C=O) groups is 1. The molecule has 0 bridgehead atoms.